The number of phenolic OH excluding ortho intramolecular Hbond substituents is 1. The molecule has 3 atom stereocenters. The number of phenols is 1. The molecule has 3 unspecified atom stereocenters. The van der Waals surface area contributed by atoms with Crippen LogP contribution in [0.2, 0.25) is 0 Å². The molecule has 4 rings (SSSR count). The quantitative estimate of drug-likeness (QED) is 0.659. The predicted molar refractivity (Wildman–Crippen MR) is 135 cm³/mol. The minimum Gasteiger partial charge on any atom is -0.508 e. The summed E-state index contributed by atoms with van der Waals surface area (Å²) in [6.45, 7) is 11.7. The summed E-state index contributed by atoms with van der Waals surface area (Å²) in [5.41, 5.74) is 0.567. The van der Waals surface area contributed by atoms with Crippen molar-refractivity contribution >= 4 is 15.7 Å². The van der Waals surface area contributed by atoms with E-state index in [0.29, 0.717) is 30.1 Å². The second-order valence-electron chi connectivity index (χ2n) is 12.0. The molecule has 1 aromatic rings. The van der Waals surface area contributed by atoms with Crippen LogP contribution in [0.1, 0.15) is 82.1 Å². The van der Waals surface area contributed by atoms with Crippen molar-refractivity contribution in [1.82, 2.24) is 9.80 Å². The van der Waals surface area contributed by atoms with Gasteiger partial charge in [0.2, 0.25) is 0 Å². The van der Waals surface area contributed by atoms with Crippen molar-refractivity contribution in [3.63, 3.8) is 0 Å². The molecule has 2 aliphatic heterocycles. The predicted octanol–water partition coefficient (Wildman–Crippen LogP) is 4.46. The van der Waals surface area contributed by atoms with Gasteiger partial charge in [-0.1, -0.05) is 47.0 Å². The lowest BCUT2D eigenvalue weighted by molar-refractivity contribution is 0.0386. The number of amides is 1. The number of rotatable bonds is 5. The fourth-order valence-corrected chi connectivity index (χ4v) is 9.31. The zero-order valence-corrected chi connectivity index (χ0v) is 22.4. The first-order chi connectivity index (χ1) is 15.9. The molecule has 1 N–H and O–H groups in total. The lowest BCUT2D eigenvalue weighted by Crippen LogP contribution is -2.54. The number of benzene rings is 1. The Morgan fingerprint density at radius 2 is 1.82 bits per heavy atom. The fraction of sp³-hybridized carbons (Fsp3) is 0.741. The normalized spacial score (nSPS) is 31.2. The molecule has 1 aliphatic carbocycles. The van der Waals surface area contributed by atoms with E-state index < -0.39 is 15.3 Å². The van der Waals surface area contributed by atoms with Crippen molar-refractivity contribution in [2.24, 2.45) is 17.3 Å². The van der Waals surface area contributed by atoms with E-state index in [4.69, 9.17) is 0 Å². The Balaban J connectivity index is 1.80. The Bertz CT molecular complexity index is 1040. The van der Waals surface area contributed by atoms with Crippen molar-refractivity contribution in [3.8, 4) is 5.75 Å². The smallest absolute Gasteiger partial charge is 0.254 e. The largest absolute Gasteiger partial charge is 0.508 e. The second-order valence-corrected chi connectivity index (χ2v) is 14.0. The number of nitrogens with zero attached hydrogens (tertiary/aromatic N) is 2. The molecule has 0 bridgehead atoms. The lowest BCUT2D eigenvalue weighted by Gasteiger charge is -2.55. The van der Waals surface area contributed by atoms with Crippen LogP contribution in [0.15, 0.2) is 17.0 Å². The highest BCUT2D eigenvalue weighted by atomic mass is 32.2. The number of carbonyl (C=O) groups is 1. The lowest BCUT2D eigenvalue weighted by atomic mass is 9.52. The van der Waals surface area contributed by atoms with Gasteiger partial charge < -0.3 is 14.9 Å². The summed E-state index contributed by atoms with van der Waals surface area (Å²) in [6.07, 6.45) is 6.16. The summed E-state index contributed by atoms with van der Waals surface area (Å²) in [5, 5.41) is 10.5. The van der Waals surface area contributed by atoms with E-state index in [1.54, 1.807) is 0 Å². The molecular formula is C27H42N2O4S. The second kappa shape index (κ2) is 9.12. The number of likely N-dealkylation sites (N-methyl/N-ethyl adjacent to an activating group) is 1. The monoisotopic (exact) mass is 490 g/mol. The van der Waals surface area contributed by atoms with Gasteiger partial charge in [0.15, 0.2) is 9.84 Å². The van der Waals surface area contributed by atoms with E-state index in [1.807, 2.05) is 11.9 Å². The number of carbonyl (C=O) groups excluding carboxylic acids is 1. The maximum absolute atomic E-state index is 13.8. The van der Waals surface area contributed by atoms with Gasteiger partial charge in [0.25, 0.3) is 5.91 Å². The first-order valence-corrected chi connectivity index (χ1v) is 14.6. The van der Waals surface area contributed by atoms with Gasteiger partial charge in [-0.25, -0.2) is 8.42 Å². The van der Waals surface area contributed by atoms with Gasteiger partial charge in [-0.15, -0.1) is 0 Å². The van der Waals surface area contributed by atoms with E-state index in [1.165, 1.54) is 12.1 Å². The Morgan fingerprint density at radius 1 is 1.15 bits per heavy atom. The number of piperazine rings is 1. The van der Waals surface area contributed by atoms with Crippen molar-refractivity contribution in [2.45, 2.75) is 76.5 Å². The van der Waals surface area contributed by atoms with Crippen molar-refractivity contribution in [2.75, 3.05) is 39.0 Å². The molecule has 2 heterocycles. The summed E-state index contributed by atoms with van der Waals surface area (Å²) in [5.74, 6) is 0.397. The molecule has 190 valence electrons. The molecule has 0 radical (unpaired) electrons. The average Bonchev–Trinajstić information content (AvgIpc) is 2.75. The van der Waals surface area contributed by atoms with Crippen LogP contribution in [0.4, 0.5) is 0 Å². The molecule has 1 saturated carbocycles. The molecule has 34 heavy (non-hydrogen) atoms. The van der Waals surface area contributed by atoms with E-state index in [0.717, 1.165) is 51.6 Å². The fourth-order valence-electron chi connectivity index (χ4n) is 6.97. The molecule has 7 heteroatoms. The number of hydrogen-bond acceptors (Lipinski definition) is 5. The molecule has 1 aromatic carbocycles. The van der Waals surface area contributed by atoms with Gasteiger partial charge in [0.05, 0.1) is 10.6 Å². The van der Waals surface area contributed by atoms with Gasteiger partial charge in [0.1, 0.15) is 5.75 Å². The van der Waals surface area contributed by atoms with E-state index in [-0.39, 0.29) is 33.6 Å². The zero-order valence-electron chi connectivity index (χ0n) is 21.6. The van der Waals surface area contributed by atoms with Crippen LogP contribution in [-0.2, 0) is 15.3 Å². The van der Waals surface area contributed by atoms with Gasteiger partial charge in [-0.3, -0.25) is 4.79 Å². The third kappa shape index (κ3) is 4.50. The van der Waals surface area contributed by atoms with Crippen molar-refractivity contribution < 1.29 is 18.3 Å². The standard InChI is InChI=1S/C27H42N2O4S/c1-19(2)8-6-9-26(3)10-7-11-27(4)23(26)18-34(32,33)22-17-20(30)16-21(24(22)27)25(31)29-14-12-28(5)13-15-29/h16-17,19,23,30H,6-15,18H2,1-5H3. The number of fused-ring (bicyclic) bond motifs is 3. The van der Waals surface area contributed by atoms with Gasteiger partial charge in [0, 0.05) is 31.7 Å². The van der Waals surface area contributed by atoms with Crippen LogP contribution in [0.3, 0.4) is 0 Å². The number of aromatic hydroxyl groups is 1. The molecule has 6 nitrogen and oxygen atoms in total. The van der Waals surface area contributed by atoms with Gasteiger partial charge in [-0.05, 0) is 66.7 Å². The number of hydrogen-bond donors (Lipinski definition) is 1. The highest BCUT2D eigenvalue weighted by Crippen LogP contribution is 2.59. The molecule has 2 fully saturated rings. The van der Waals surface area contributed by atoms with Crippen LogP contribution in [-0.4, -0.2) is 68.2 Å². The highest BCUT2D eigenvalue weighted by Gasteiger charge is 2.56. The maximum atomic E-state index is 13.8. The van der Waals surface area contributed by atoms with Crippen LogP contribution >= 0.6 is 0 Å². The van der Waals surface area contributed by atoms with Crippen LogP contribution in [0.25, 0.3) is 0 Å². The Labute approximate surface area is 205 Å². The van der Waals surface area contributed by atoms with Gasteiger partial charge >= 0.3 is 0 Å². The van der Waals surface area contributed by atoms with Crippen LogP contribution in [0.5, 0.6) is 5.75 Å². The van der Waals surface area contributed by atoms with E-state index in [9.17, 15) is 18.3 Å². The summed E-state index contributed by atoms with van der Waals surface area (Å²) < 4.78 is 27.3. The maximum Gasteiger partial charge on any atom is 0.254 e. The van der Waals surface area contributed by atoms with Crippen LogP contribution < -0.4 is 0 Å². The van der Waals surface area contributed by atoms with Gasteiger partial charge in [-0.2, -0.15) is 0 Å². The molecule has 1 saturated heterocycles. The summed E-state index contributed by atoms with van der Waals surface area (Å²) in [7, 11) is -1.58. The first-order valence-electron chi connectivity index (χ1n) is 13.0. The van der Waals surface area contributed by atoms with E-state index in [2.05, 4.69) is 32.6 Å². The van der Waals surface area contributed by atoms with Crippen molar-refractivity contribution in [3.05, 3.63) is 23.3 Å². The third-order valence-electron chi connectivity index (χ3n) is 8.98. The molecule has 0 aromatic heterocycles. The Kier molecular flexibility index (Phi) is 6.84. The molecule has 0 spiro atoms. The molecule has 1 amide bonds. The topological polar surface area (TPSA) is 77.9 Å². The average molecular weight is 491 g/mol. The SMILES string of the molecule is CC(C)CCCC1(C)CCCC2(C)c3c(C(=O)N4CCN(C)CC4)cc(O)cc3S(=O)(=O)CC12. The number of sulfone groups is 1. The Morgan fingerprint density at radius 3 is 2.47 bits per heavy atom. The summed E-state index contributed by atoms with van der Waals surface area (Å²) in [4.78, 5) is 18.0. The minimum atomic E-state index is -3.62. The third-order valence-corrected chi connectivity index (χ3v) is 10.7. The Hall–Kier alpha value is -1.60. The summed E-state index contributed by atoms with van der Waals surface area (Å²) in [6, 6.07) is 2.91. The van der Waals surface area contributed by atoms with Crippen molar-refractivity contribution in [1.29, 1.82) is 0 Å². The molecule has 3 aliphatic rings. The summed E-state index contributed by atoms with van der Waals surface area (Å²) >= 11 is 0. The zero-order chi connectivity index (χ0) is 24.9. The molecular weight excluding hydrogens is 448 g/mol. The highest BCUT2D eigenvalue weighted by molar-refractivity contribution is 7.91. The first kappa shape index (κ1) is 25.5. The van der Waals surface area contributed by atoms with E-state index >= 15 is 0 Å². The minimum absolute atomic E-state index is 0.0398. The van der Waals surface area contributed by atoms with Crippen LogP contribution in [0, 0.1) is 17.3 Å².